The summed E-state index contributed by atoms with van der Waals surface area (Å²) in [5.74, 6) is 0.185. The van der Waals surface area contributed by atoms with E-state index in [1.165, 1.54) is 41.6 Å². The summed E-state index contributed by atoms with van der Waals surface area (Å²) < 4.78 is 5.35. The second kappa shape index (κ2) is 9.72. The van der Waals surface area contributed by atoms with E-state index in [1.54, 1.807) is 36.4 Å². The topological polar surface area (TPSA) is 122 Å². The predicted octanol–water partition coefficient (Wildman–Crippen LogP) is 5.05. The van der Waals surface area contributed by atoms with E-state index in [4.69, 9.17) is 16.0 Å². The molecule has 1 saturated heterocycles. The lowest BCUT2D eigenvalue weighted by atomic mass is 10.2. The Morgan fingerprint density at radius 1 is 1.21 bits per heavy atom. The van der Waals surface area contributed by atoms with Crippen LogP contribution < -0.4 is 0 Å². The maximum absolute atomic E-state index is 13.1. The Kier molecular flexibility index (Phi) is 6.57. The van der Waals surface area contributed by atoms with Gasteiger partial charge >= 0.3 is 0 Å². The number of non-ortho nitro benzene ring substituents is 1. The Hall–Kier alpha value is -3.89. The largest absolute Gasteiger partial charge is 0.507 e. The van der Waals surface area contributed by atoms with E-state index in [0.717, 1.165) is 11.8 Å². The molecule has 0 saturated carbocycles. The van der Waals surface area contributed by atoms with Crippen molar-refractivity contribution in [3.8, 4) is 5.75 Å². The normalized spacial score (nSPS) is 16.4. The number of amidine groups is 1. The van der Waals surface area contributed by atoms with Crippen molar-refractivity contribution in [3.05, 3.63) is 97.8 Å². The Balaban J connectivity index is 1.65. The van der Waals surface area contributed by atoms with E-state index in [9.17, 15) is 20.0 Å². The quantitative estimate of drug-likeness (QED) is 0.227. The van der Waals surface area contributed by atoms with Gasteiger partial charge in [0.2, 0.25) is 0 Å². The molecule has 0 aliphatic carbocycles. The van der Waals surface area contributed by atoms with Crippen LogP contribution in [0.15, 0.2) is 80.4 Å². The number of hydrogen-bond donors (Lipinski definition) is 1. The lowest BCUT2D eigenvalue weighted by Crippen LogP contribution is -2.28. The third-order valence-electron chi connectivity index (χ3n) is 4.49. The molecule has 9 nitrogen and oxygen atoms in total. The van der Waals surface area contributed by atoms with Crippen LogP contribution >= 0.6 is 23.4 Å². The Labute approximate surface area is 196 Å². The fourth-order valence-electron chi connectivity index (χ4n) is 2.93. The van der Waals surface area contributed by atoms with Crippen molar-refractivity contribution in [2.24, 2.45) is 10.2 Å². The monoisotopic (exact) mass is 482 g/mol. The molecular weight excluding hydrogens is 468 g/mol. The molecule has 1 aromatic heterocycles. The molecule has 0 bridgehead atoms. The molecule has 4 rings (SSSR count). The fourth-order valence-corrected chi connectivity index (χ4v) is 4.04. The number of benzene rings is 2. The van der Waals surface area contributed by atoms with E-state index in [2.05, 4.69) is 10.2 Å². The van der Waals surface area contributed by atoms with Gasteiger partial charge in [-0.25, -0.2) is 0 Å². The number of nitro benzene ring substituents is 1. The molecule has 0 spiro atoms. The molecule has 33 heavy (non-hydrogen) atoms. The summed E-state index contributed by atoms with van der Waals surface area (Å²) in [7, 11) is 0. The number of aromatic hydroxyl groups is 1. The number of hydrogen-bond acceptors (Lipinski definition) is 8. The second-order valence-electron chi connectivity index (χ2n) is 6.76. The maximum atomic E-state index is 13.1. The van der Waals surface area contributed by atoms with Crippen LogP contribution in [0, 0.1) is 10.1 Å². The van der Waals surface area contributed by atoms with Crippen LogP contribution in [-0.4, -0.2) is 32.2 Å². The van der Waals surface area contributed by atoms with E-state index in [1.807, 2.05) is 0 Å². The van der Waals surface area contributed by atoms with Gasteiger partial charge in [-0.05, 0) is 53.7 Å². The van der Waals surface area contributed by atoms with Crippen molar-refractivity contribution in [2.75, 3.05) is 0 Å². The van der Waals surface area contributed by atoms with Gasteiger partial charge in [-0.2, -0.15) is 5.10 Å². The summed E-state index contributed by atoms with van der Waals surface area (Å²) in [6, 6.07) is 13.9. The van der Waals surface area contributed by atoms with Gasteiger partial charge in [0.1, 0.15) is 11.5 Å². The zero-order chi connectivity index (χ0) is 23.4. The van der Waals surface area contributed by atoms with Crippen LogP contribution in [0.2, 0.25) is 5.02 Å². The number of carbonyl (C=O) groups is 1. The summed E-state index contributed by atoms with van der Waals surface area (Å²) in [5, 5.41) is 29.8. The smallest absolute Gasteiger partial charge is 0.270 e. The molecule has 3 aromatic rings. The average molecular weight is 483 g/mol. The van der Waals surface area contributed by atoms with E-state index >= 15 is 0 Å². The molecule has 0 unspecified atom stereocenters. The minimum absolute atomic E-state index is 0.0165. The molecule has 0 radical (unpaired) electrons. The zero-order valence-corrected chi connectivity index (χ0v) is 18.4. The van der Waals surface area contributed by atoms with Crippen molar-refractivity contribution in [3.63, 3.8) is 0 Å². The van der Waals surface area contributed by atoms with Gasteiger partial charge in [0, 0.05) is 22.7 Å². The van der Waals surface area contributed by atoms with Crippen LogP contribution in [0.1, 0.15) is 16.9 Å². The molecule has 1 aliphatic rings. The Morgan fingerprint density at radius 3 is 2.82 bits per heavy atom. The van der Waals surface area contributed by atoms with Gasteiger partial charge in [-0.1, -0.05) is 23.7 Å². The minimum atomic E-state index is -0.498. The molecule has 1 aliphatic heterocycles. The lowest BCUT2D eigenvalue weighted by molar-refractivity contribution is -0.384. The Bertz CT molecular complexity index is 1300. The molecule has 166 valence electrons. The third-order valence-corrected chi connectivity index (χ3v) is 5.72. The number of nitro groups is 1. The third kappa shape index (κ3) is 5.30. The molecule has 0 atom stereocenters. The number of amides is 1. The van der Waals surface area contributed by atoms with Gasteiger partial charge in [0.05, 0.1) is 28.9 Å². The van der Waals surface area contributed by atoms with Gasteiger partial charge < -0.3 is 9.52 Å². The van der Waals surface area contributed by atoms with E-state index in [0.29, 0.717) is 26.8 Å². The number of phenols is 1. The lowest BCUT2D eigenvalue weighted by Gasteiger charge is -2.12. The van der Waals surface area contributed by atoms with Crippen LogP contribution in [0.4, 0.5) is 5.69 Å². The van der Waals surface area contributed by atoms with Crippen LogP contribution in [-0.2, 0) is 11.3 Å². The number of phenolic OH excluding ortho intramolecular Hbond substituents is 1. The predicted molar refractivity (Wildman–Crippen MR) is 126 cm³/mol. The van der Waals surface area contributed by atoms with Crippen LogP contribution in [0.5, 0.6) is 5.75 Å². The first-order chi connectivity index (χ1) is 15.9. The Morgan fingerprint density at radius 2 is 2.06 bits per heavy atom. The fraction of sp³-hybridized carbons (Fsp3) is 0.0455. The first-order valence-electron chi connectivity index (χ1n) is 9.48. The highest BCUT2D eigenvalue weighted by atomic mass is 35.5. The van der Waals surface area contributed by atoms with Gasteiger partial charge in [0.15, 0.2) is 5.17 Å². The van der Waals surface area contributed by atoms with Crippen molar-refractivity contribution < 1.29 is 19.2 Å². The number of rotatable bonds is 6. The van der Waals surface area contributed by atoms with Gasteiger partial charge in [-0.3, -0.25) is 19.8 Å². The summed E-state index contributed by atoms with van der Waals surface area (Å²) in [6.45, 7) is 0.127. The van der Waals surface area contributed by atoms with Gasteiger partial charge in [-0.15, -0.1) is 5.10 Å². The number of halogens is 1. The molecule has 2 aromatic carbocycles. The van der Waals surface area contributed by atoms with Crippen LogP contribution in [0.25, 0.3) is 6.08 Å². The van der Waals surface area contributed by atoms with Crippen molar-refractivity contribution in [1.82, 2.24) is 4.90 Å². The highest BCUT2D eigenvalue weighted by Gasteiger charge is 2.34. The zero-order valence-electron chi connectivity index (χ0n) is 16.8. The number of nitrogens with zero attached hydrogens (tertiary/aromatic N) is 4. The van der Waals surface area contributed by atoms with E-state index in [-0.39, 0.29) is 29.1 Å². The van der Waals surface area contributed by atoms with Crippen LogP contribution in [0.3, 0.4) is 0 Å². The summed E-state index contributed by atoms with van der Waals surface area (Å²) in [6.07, 6.45) is 4.39. The average Bonchev–Trinajstić information content (AvgIpc) is 3.41. The minimum Gasteiger partial charge on any atom is -0.507 e. The number of thioether (sulfide) groups is 1. The standard InChI is InChI=1S/C22H15ClN4O5S/c23-16-6-7-19(28)15(11-16)12-24-25-22-26(13-18-5-2-8-32-18)21(29)20(33-22)10-14-3-1-4-17(9-14)27(30)31/h1-12,28H,13H2/b20-10-,24-12-,25-22+. The first-order valence-corrected chi connectivity index (χ1v) is 10.7. The maximum Gasteiger partial charge on any atom is 0.270 e. The summed E-state index contributed by atoms with van der Waals surface area (Å²) in [4.78, 5) is 25.3. The van der Waals surface area contributed by atoms with Gasteiger partial charge in [0.25, 0.3) is 11.6 Å². The molecule has 2 heterocycles. The van der Waals surface area contributed by atoms with Crippen molar-refractivity contribution in [1.29, 1.82) is 0 Å². The number of furan rings is 1. The van der Waals surface area contributed by atoms with Crippen molar-refractivity contribution in [2.45, 2.75) is 6.54 Å². The second-order valence-corrected chi connectivity index (χ2v) is 8.21. The number of carbonyl (C=O) groups excluding carboxylic acids is 1. The molecule has 1 amide bonds. The summed E-state index contributed by atoms with van der Waals surface area (Å²) >= 11 is 7.02. The van der Waals surface area contributed by atoms with Crippen molar-refractivity contribution >= 4 is 52.4 Å². The SMILES string of the molecule is O=C1/C(=C/c2cccc([N+](=O)[O-])c2)S/C(=N/N=C\c2cc(Cl)ccc2O)N1Cc1ccco1. The summed E-state index contributed by atoms with van der Waals surface area (Å²) in [5.41, 5.74) is 0.796. The molecule has 1 N–H and O–H groups in total. The highest BCUT2D eigenvalue weighted by Crippen LogP contribution is 2.34. The molecule has 1 fully saturated rings. The highest BCUT2D eigenvalue weighted by molar-refractivity contribution is 8.18. The molecule has 11 heteroatoms. The molecular formula is C22H15ClN4O5S. The van der Waals surface area contributed by atoms with E-state index < -0.39 is 4.92 Å². The first kappa shape index (κ1) is 22.3.